The van der Waals surface area contributed by atoms with E-state index in [1.54, 1.807) is 5.57 Å². The van der Waals surface area contributed by atoms with Crippen molar-refractivity contribution in [3.63, 3.8) is 0 Å². The summed E-state index contributed by atoms with van der Waals surface area (Å²) in [5, 5.41) is 10.1. The summed E-state index contributed by atoms with van der Waals surface area (Å²) in [7, 11) is 0. The second kappa shape index (κ2) is 8.88. The van der Waals surface area contributed by atoms with Crippen LogP contribution in [-0.4, -0.2) is 35.7 Å². The minimum Gasteiger partial charge on any atom is -0.388 e. The molecule has 2 nitrogen and oxygen atoms in total. The number of aliphatic hydroxyl groups excluding tert-OH is 1. The normalized spacial score (nSPS) is 39.8. The first-order valence-electron chi connectivity index (χ1n) is 12.0. The standard InChI is InChI=1S/C26H41NO/c1-20-9-10-21(19-25(20)28)11-12-22-7-5-15-26(2)23(13-14-24(22)26)8-6-18-27-16-3-4-17-27/h11-12,23-25,28H,1,3-10,13-19H2,2H3/b21-11-,22-12+. The largest absolute Gasteiger partial charge is 0.388 e. The van der Waals surface area contributed by atoms with Gasteiger partial charge in [0.2, 0.25) is 0 Å². The van der Waals surface area contributed by atoms with Gasteiger partial charge in [0.15, 0.2) is 0 Å². The van der Waals surface area contributed by atoms with E-state index in [0.29, 0.717) is 5.41 Å². The molecule has 0 amide bonds. The zero-order chi connectivity index (χ0) is 19.6. The van der Waals surface area contributed by atoms with Gasteiger partial charge in [-0.05, 0) is 120 Å². The predicted octanol–water partition coefficient (Wildman–Crippen LogP) is 6.03. The quantitative estimate of drug-likeness (QED) is 0.586. The number of fused-ring (bicyclic) bond motifs is 1. The van der Waals surface area contributed by atoms with Crippen molar-refractivity contribution < 1.29 is 5.11 Å². The highest BCUT2D eigenvalue weighted by atomic mass is 16.3. The van der Waals surface area contributed by atoms with Crippen LogP contribution in [0.15, 0.2) is 35.5 Å². The Morgan fingerprint density at radius 2 is 1.93 bits per heavy atom. The molecule has 4 aliphatic rings. The second-order valence-electron chi connectivity index (χ2n) is 10.3. The van der Waals surface area contributed by atoms with Crippen molar-refractivity contribution in [3.8, 4) is 0 Å². The van der Waals surface area contributed by atoms with Gasteiger partial charge < -0.3 is 10.0 Å². The van der Waals surface area contributed by atoms with Crippen LogP contribution >= 0.6 is 0 Å². The van der Waals surface area contributed by atoms with Gasteiger partial charge in [-0.25, -0.2) is 0 Å². The average molecular weight is 384 g/mol. The fourth-order valence-corrected chi connectivity index (χ4v) is 6.75. The highest BCUT2D eigenvalue weighted by Gasteiger charge is 2.48. The van der Waals surface area contributed by atoms with E-state index in [9.17, 15) is 5.11 Å². The van der Waals surface area contributed by atoms with Gasteiger partial charge in [0.1, 0.15) is 0 Å². The van der Waals surface area contributed by atoms with E-state index >= 15 is 0 Å². The van der Waals surface area contributed by atoms with Crippen LogP contribution in [0.2, 0.25) is 0 Å². The first kappa shape index (κ1) is 20.4. The Hall–Kier alpha value is -0.860. The SMILES string of the molecule is C=C1CC/C(=C/C=C2\CCCC3(C)C(CCCN4CCCC4)CCC23)CC1O. The van der Waals surface area contributed by atoms with Gasteiger partial charge in [0.25, 0.3) is 0 Å². The van der Waals surface area contributed by atoms with Crippen LogP contribution in [0.5, 0.6) is 0 Å². The van der Waals surface area contributed by atoms with E-state index in [1.165, 1.54) is 83.0 Å². The van der Waals surface area contributed by atoms with Gasteiger partial charge in [-0.1, -0.05) is 36.8 Å². The molecule has 4 rings (SSSR count). The summed E-state index contributed by atoms with van der Waals surface area (Å²) >= 11 is 0. The number of hydrogen-bond acceptors (Lipinski definition) is 2. The number of hydrogen-bond donors (Lipinski definition) is 1. The highest BCUT2D eigenvalue weighted by Crippen LogP contribution is 2.58. The fourth-order valence-electron chi connectivity index (χ4n) is 6.75. The van der Waals surface area contributed by atoms with Crippen LogP contribution in [-0.2, 0) is 0 Å². The number of nitrogens with zero attached hydrogens (tertiary/aromatic N) is 1. The lowest BCUT2D eigenvalue weighted by Gasteiger charge is -2.42. The summed E-state index contributed by atoms with van der Waals surface area (Å²) in [5.41, 5.74) is 4.68. The van der Waals surface area contributed by atoms with Gasteiger partial charge >= 0.3 is 0 Å². The first-order chi connectivity index (χ1) is 13.6. The van der Waals surface area contributed by atoms with Gasteiger partial charge in [0, 0.05) is 0 Å². The van der Waals surface area contributed by atoms with Crippen molar-refractivity contribution in [1.82, 2.24) is 4.90 Å². The Morgan fingerprint density at radius 3 is 2.71 bits per heavy atom. The number of rotatable bonds is 5. The van der Waals surface area contributed by atoms with Crippen molar-refractivity contribution in [2.45, 2.75) is 90.1 Å². The molecule has 1 heterocycles. The van der Waals surface area contributed by atoms with Crippen LogP contribution in [0, 0.1) is 17.3 Å². The van der Waals surface area contributed by atoms with E-state index in [2.05, 4.69) is 30.6 Å². The molecular formula is C26H41NO. The molecule has 1 aliphatic heterocycles. The summed E-state index contributed by atoms with van der Waals surface area (Å²) in [6.07, 6.45) is 19.9. The molecule has 0 aromatic rings. The number of likely N-dealkylation sites (tertiary alicyclic amines) is 1. The zero-order valence-corrected chi connectivity index (χ0v) is 18.1. The van der Waals surface area contributed by atoms with Crippen LogP contribution in [0.4, 0.5) is 0 Å². The van der Waals surface area contributed by atoms with Crippen molar-refractivity contribution in [2.75, 3.05) is 19.6 Å². The van der Waals surface area contributed by atoms with Crippen LogP contribution in [0.1, 0.15) is 84.0 Å². The maximum Gasteiger partial charge on any atom is 0.0784 e. The molecule has 3 saturated carbocycles. The molecule has 4 atom stereocenters. The lowest BCUT2D eigenvalue weighted by Crippen LogP contribution is -2.33. The molecule has 0 bridgehead atoms. The molecule has 0 aromatic heterocycles. The van der Waals surface area contributed by atoms with E-state index < -0.39 is 0 Å². The molecule has 0 radical (unpaired) electrons. The molecule has 2 heteroatoms. The van der Waals surface area contributed by atoms with E-state index in [-0.39, 0.29) is 6.10 Å². The average Bonchev–Trinajstić information content (AvgIpc) is 3.31. The summed E-state index contributed by atoms with van der Waals surface area (Å²) in [6.45, 7) is 10.6. The zero-order valence-electron chi connectivity index (χ0n) is 18.1. The highest BCUT2D eigenvalue weighted by molar-refractivity contribution is 5.27. The molecule has 0 aromatic carbocycles. The molecule has 28 heavy (non-hydrogen) atoms. The third-order valence-corrected chi connectivity index (χ3v) is 8.61. The lowest BCUT2D eigenvalue weighted by molar-refractivity contribution is 0.125. The summed E-state index contributed by atoms with van der Waals surface area (Å²) in [6, 6.07) is 0. The molecule has 4 fully saturated rings. The van der Waals surface area contributed by atoms with Crippen LogP contribution in [0.25, 0.3) is 0 Å². The molecule has 156 valence electrons. The molecule has 0 spiro atoms. The van der Waals surface area contributed by atoms with Crippen molar-refractivity contribution in [3.05, 3.63) is 35.5 Å². The van der Waals surface area contributed by atoms with Gasteiger partial charge in [-0.15, -0.1) is 0 Å². The van der Waals surface area contributed by atoms with Crippen molar-refractivity contribution >= 4 is 0 Å². The van der Waals surface area contributed by atoms with Gasteiger partial charge in [0.05, 0.1) is 6.10 Å². The Kier molecular flexibility index (Phi) is 6.47. The van der Waals surface area contributed by atoms with E-state index in [4.69, 9.17) is 0 Å². The Bertz CT molecular complexity index is 626. The summed E-state index contributed by atoms with van der Waals surface area (Å²) < 4.78 is 0. The van der Waals surface area contributed by atoms with Crippen LogP contribution < -0.4 is 0 Å². The molecule has 1 saturated heterocycles. The third kappa shape index (κ3) is 4.33. The second-order valence-corrected chi connectivity index (χ2v) is 10.3. The minimum absolute atomic E-state index is 0.318. The molecular weight excluding hydrogens is 342 g/mol. The summed E-state index contributed by atoms with van der Waals surface area (Å²) in [5.74, 6) is 1.73. The molecule has 4 unspecified atom stereocenters. The predicted molar refractivity (Wildman–Crippen MR) is 118 cm³/mol. The van der Waals surface area contributed by atoms with Gasteiger partial charge in [-0.2, -0.15) is 0 Å². The van der Waals surface area contributed by atoms with Crippen molar-refractivity contribution in [1.29, 1.82) is 0 Å². The third-order valence-electron chi connectivity index (χ3n) is 8.61. The maximum atomic E-state index is 10.1. The summed E-state index contributed by atoms with van der Waals surface area (Å²) in [4.78, 5) is 2.68. The molecule has 1 N–H and O–H groups in total. The minimum atomic E-state index is -0.318. The fraction of sp³-hybridized carbons (Fsp3) is 0.769. The number of aliphatic hydroxyl groups is 1. The monoisotopic (exact) mass is 383 g/mol. The van der Waals surface area contributed by atoms with E-state index in [0.717, 1.165) is 36.7 Å². The topological polar surface area (TPSA) is 23.5 Å². The maximum absolute atomic E-state index is 10.1. The molecule has 3 aliphatic carbocycles. The number of allylic oxidation sites excluding steroid dienone is 3. The Balaban J connectivity index is 1.37. The van der Waals surface area contributed by atoms with Crippen molar-refractivity contribution in [2.24, 2.45) is 17.3 Å². The first-order valence-corrected chi connectivity index (χ1v) is 12.0. The van der Waals surface area contributed by atoms with Gasteiger partial charge in [-0.3, -0.25) is 0 Å². The lowest BCUT2D eigenvalue weighted by atomic mass is 9.62. The smallest absolute Gasteiger partial charge is 0.0784 e. The van der Waals surface area contributed by atoms with E-state index in [1.807, 2.05) is 0 Å². The Morgan fingerprint density at radius 1 is 1.11 bits per heavy atom. The van der Waals surface area contributed by atoms with Crippen LogP contribution in [0.3, 0.4) is 0 Å². The Labute approximate surface area is 172 Å².